The Bertz CT molecular complexity index is 432. The smallest absolute Gasteiger partial charge is 0.0724 e. The molecule has 4 bridgehead atoms. The van der Waals surface area contributed by atoms with Crippen molar-refractivity contribution in [2.45, 2.75) is 50.4 Å². The third kappa shape index (κ3) is 1.63. The molecule has 0 aromatic heterocycles. The van der Waals surface area contributed by atoms with Crippen LogP contribution in [0.2, 0.25) is 0 Å². The molecule has 5 atom stereocenters. The fourth-order valence-corrected chi connectivity index (χ4v) is 4.63. The molecule has 2 aliphatic heterocycles. The van der Waals surface area contributed by atoms with Gasteiger partial charge in [-0.1, -0.05) is 30.3 Å². The summed E-state index contributed by atoms with van der Waals surface area (Å²) >= 11 is 0. The van der Waals surface area contributed by atoms with Gasteiger partial charge in [0.15, 0.2) is 0 Å². The highest BCUT2D eigenvalue weighted by Gasteiger charge is 2.51. The quantitative estimate of drug-likeness (QED) is 0.862. The minimum atomic E-state index is -0.0680. The standard InChI is InChI=1S/C16H21NO/c18-16-13-6-12-7-14(9-13)17(15(16)8-12)10-11-4-2-1-3-5-11/h1-5,12-16,18H,6-10H2. The molecule has 0 amide bonds. The van der Waals surface area contributed by atoms with E-state index in [4.69, 9.17) is 0 Å². The van der Waals surface area contributed by atoms with E-state index in [9.17, 15) is 5.11 Å². The van der Waals surface area contributed by atoms with Crippen molar-refractivity contribution in [3.63, 3.8) is 0 Å². The first-order chi connectivity index (χ1) is 8.81. The van der Waals surface area contributed by atoms with Gasteiger partial charge in [-0.25, -0.2) is 0 Å². The maximum absolute atomic E-state index is 10.4. The molecular weight excluding hydrogens is 222 g/mol. The van der Waals surface area contributed by atoms with Gasteiger partial charge < -0.3 is 5.11 Å². The van der Waals surface area contributed by atoms with E-state index >= 15 is 0 Å². The van der Waals surface area contributed by atoms with Crippen LogP contribution in [0.3, 0.4) is 0 Å². The monoisotopic (exact) mass is 243 g/mol. The molecule has 5 unspecified atom stereocenters. The number of aliphatic hydroxyl groups is 1. The summed E-state index contributed by atoms with van der Waals surface area (Å²) in [7, 11) is 0. The molecule has 2 saturated carbocycles. The molecule has 2 saturated heterocycles. The predicted octanol–water partition coefficient (Wildman–Crippen LogP) is 2.42. The number of rotatable bonds is 2. The molecule has 4 aliphatic rings. The zero-order valence-electron chi connectivity index (χ0n) is 10.7. The Hall–Kier alpha value is -0.860. The molecule has 1 aromatic rings. The average Bonchev–Trinajstić information content (AvgIpc) is 2.40. The van der Waals surface area contributed by atoms with Crippen molar-refractivity contribution in [2.75, 3.05) is 0 Å². The van der Waals surface area contributed by atoms with Crippen molar-refractivity contribution in [3.8, 4) is 0 Å². The van der Waals surface area contributed by atoms with Crippen LogP contribution in [-0.2, 0) is 6.54 Å². The zero-order chi connectivity index (χ0) is 12.1. The molecule has 0 radical (unpaired) electrons. The van der Waals surface area contributed by atoms with Crippen LogP contribution in [0.15, 0.2) is 30.3 Å². The third-order valence-corrected chi connectivity index (χ3v) is 5.37. The summed E-state index contributed by atoms with van der Waals surface area (Å²) in [6, 6.07) is 11.9. The first kappa shape index (κ1) is 11.0. The summed E-state index contributed by atoms with van der Waals surface area (Å²) in [4.78, 5) is 2.59. The van der Waals surface area contributed by atoms with E-state index in [1.165, 1.54) is 31.2 Å². The van der Waals surface area contributed by atoms with Gasteiger partial charge in [0.2, 0.25) is 0 Å². The van der Waals surface area contributed by atoms with Crippen LogP contribution in [0.1, 0.15) is 31.2 Å². The second-order valence-corrected chi connectivity index (χ2v) is 6.44. The molecule has 2 heteroatoms. The molecule has 2 aliphatic carbocycles. The summed E-state index contributed by atoms with van der Waals surface area (Å²) in [5.74, 6) is 1.49. The maximum atomic E-state index is 10.4. The van der Waals surface area contributed by atoms with Crippen molar-refractivity contribution < 1.29 is 5.11 Å². The van der Waals surface area contributed by atoms with Crippen molar-refractivity contribution in [1.82, 2.24) is 4.90 Å². The van der Waals surface area contributed by atoms with Gasteiger partial charge in [0.1, 0.15) is 0 Å². The van der Waals surface area contributed by atoms with Crippen LogP contribution in [0.25, 0.3) is 0 Å². The van der Waals surface area contributed by atoms with Crippen molar-refractivity contribution >= 4 is 0 Å². The Morgan fingerprint density at radius 1 is 1.06 bits per heavy atom. The Kier molecular flexibility index (Phi) is 2.49. The lowest BCUT2D eigenvalue weighted by atomic mass is 9.62. The van der Waals surface area contributed by atoms with Gasteiger partial charge in [-0.05, 0) is 43.1 Å². The average molecular weight is 243 g/mol. The van der Waals surface area contributed by atoms with E-state index in [0.29, 0.717) is 12.0 Å². The minimum Gasteiger partial charge on any atom is -0.391 e. The van der Waals surface area contributed by atoms with Gasteiger partial charge in [0, 0.05) is 18.6 Å². The Morgan fingerprint density at radius 3 is 2.72 bits per heavy atom. The predicted molar refractivity (Wildman–Crippen MR) is 71.0 cm³/mol. The summed E-state index contributed by atoms with van der Waals surface area (Å²) < 4.78 is 0. The maximum Gasteiger partial charge on any atom is 0.0724 e. The minimum absolute atomic E-state index is 0.0680. The van der Waals surface area contributed by atoms with Gasteiger partial charge in [0.05, 0.1) is 6.10 Å². The molecule has 96 valence electrons. The Balaban J connectivity index is 1.58. The first-order valence-electron chi connectivity index (χ1n) is 7.29. The van der Waals surface area contributed by atoms with Crippen molar-refractivity contribution in [3.05, 3.63) is 35.9 Å². The van der Waals surface area contributed by atoms with E-state index in [-0.39, 0.29) is 6.10 Å². The van der Waals surface area contributed by atoms with Crippen LogP contribution >= 0.6 is 0 Å². The number of hydrogen-bond donors (Lipinski definition) is 1. The second-order valence-electron chi connectivity index (χ2n) is 6.44. The van der Waals surface area contributed by atoms with E-state index in [2.05, 4.69) is 35.2 Å². The molecule has 0 spiro atoms. The largest absolute Gasteiger partial charge is 0.391 e. The lowest BCUT2D eigenvalue weighted by molar-refractivity contribution is -0.141. The summed E-state index contributed by atoms with van der Waals surface area (Å²) in [6.45, 7) is 1.02. The van der Waals surface area contributed by atoms with Gasteiger partial charge in [0.25, 0.3) is 0 Å². The number of nitrogens with zero attached hydrogens (tertiary/aromatic N) is 1. The number of aliphatic hydroxyl groups excluding tert-OH is 1. The summed E-state index contributed by atoms with van der Waals surface area (Å²) in [6.07, 6.45) is 5.03. The van der Waals surface area contributed by atoms with Gasteiger partial charge in [-0.2, -0.15) is 0 Å². The lowest BCUT2D eigenvalue weighted by Crippen LogP contribution is -2.64. The SMILES string of the molecule is OC1C2CC3CC(C2)N(Cc2ccccc2)C1C3. The molecule has 4 fully saturated rings. The normalized spacial score (nSPS) is 42.4. The fourth-order valence-electron chi connectivity index (χ4n) is 4.63. The second kappa shape index (κ2) is 4.07. The van der Waals surface area contributed by atoms with Gasteiger partial charge in [-0.15, -0.1) is 0 Å². The third-order valence-electron chi connectivity index (χ3n) is 5.37. The van der Waals surface area contributed by atoms with Crippen molar-refractivity contribution in [2.24, 2.45) is 11.8 Å². The fraction of sp³-hybridized carbons (Fsp3) is 0.625. The highest BCUT2D eigenvalue weighted by molar-refractivity contribution is 5.16. The van der Waals surface area contributed by atoms with Crippen LogP contribution in [0, 0.1) is 11.8 Å². The molecule has 1 N–H and O–H groups in total. The lowest BCUT2D eigenvalue weighted by Gasteiger charge is -2.58. The van der Waals surface area contributed by atoms with Gasteiger partial charge >= 0.3 is 0 Å². The molecule has 2 heterocycles. The molecule has 18 heavy (non-hydrogen) atoms. The number of piperidine rings is 2. The highest BCUT2D eigenvalue weighted by Crippen LogP contribution is 2.49. The molecule has 5 rings (SSSR count). The first-order valence-corrected chi connectivity index (χ1v) is 7.29. The van der Waals surface area contributed by atoms with E-state index in [1.54, 1.807) is 0 Å². The summed E-state index contributed by atoms with van der Waals surface area (Å²) in [5, 5.41) is 10.4. The van der Waals surface area contributed by atoms with Crippen LogP contribution < -0.4 is 0 Å². The highest BCUT2D eigenvalue weighted by atomic mass is 16.3. The van der Waals surface area contributed by atoms with E-state index < -0.39 is 0 Å². The topological polar surface area (TPSA) is 23.5 Å². The Labute approximate surface area is 109 Å². The Morgan fingerprint density at radius 2 is 1.89 bits per heavy atom. The number of benzene rings is 1. The number of hydrogen-bond acceptors (Lipinski definition) is 2. The van der Waals surface area contributed by atoms with Gasteiger partial charge in [-0.3, -0.25) is 4.90 Å². The van der Waals surface area contributed by atoms with Crippen LogP contribution in [0.4, 0.5) is 0 Å². The molecule has 1 aromatic carbocycles. The van der Waals surface area contributed by atoms with E-state index in [0.717, 1.165) is 18.5 Å². The summed E-state index contributed by atoms with van der Waals surface area (Å²) in [5.41, 5.74) is 1.39. The zero-order valence-corrected chi connectivity index (χ0v) is 10.7. The molecular formula is C16H21NO. The molecule has 2 nitrogen and oxygen atoms in total. The van der Waals surface area contributed by atoms with Crippen molar-refractivity contribution in [1.29, 1.82) is 0 Å². The van der Waals surface area contributed by atoms with Crippen LogP contribution in [-0.4, -0.2) is 28.2 Å². The van der Waals surface area contributed by atoms with Crippen LogP contribution in [0.5, 0.6) is 0 Å². The van der Waals surface area contributed by atoms with E-state index in [1.807, 2.05) is 0 Å².